The number of carbonyl (C=O) groups excluding carboxylic acids is 2. The van der Waals surface area contributed by atoms with E-state index in [0.717, 1.165) is 0 Å². The topological polar surface area (TPSA) is 123 Å². The Morgan fingerprint density at radius 3 is 2.44 bits per heavy atom. The monoisotopic (exact) mass is 523 g/mol. The van der Waals surface area contributed by atoms with Gasteiger partial charge in [0.2, 0.25) is 0 Å². The number of aromatic nitrogens is 1. The maximum absolute atomic E-state index is 13.5. The number of amides is 2. The van der Waals surface area contributed by atoms with E-state index in [1.807, 2.05) is 0 Å². The number of fused-ring (bicyclic) bond motifs is 3. The van der Waals surface area contributed by atoms with Gasteiger partial charge in [0.15, 0.2) is 5.75 Å². The number of hydrogen-bond donors (Lipinski definition) is 3. The SMILES string of the molecule is CCO.CN1C[C@H](O)C(C)(C)Cn2c(c3c(c(O)c2=O)C(=O)N(Cc2ccc(F)c(Cl)c2)CC3)C1=O. The minimum atomic E-state index is -0.885. The summed E-state index contributed by atoms with van der Waals surface area (Å²) in [7, 11) is 1.52. The first-order chi connectivity index (χ1) is 16.8. The van der Waals surface area contributed by atoms with E-state index in [4.69, 9.17) is 16.7 Å². The predicted molar refractivity (Wildman–Crippen MR) is 132 cm³/mol. The number of carbonyl (C=O) groups is 2. The Kier molecular flexibility index (Phi) is 8.12. The van der Waals surface area contributed by atoms with E-state index in [-0.39, 0.29) is 55.5 Å². The lowest BCUT2D eigenvalue weighted by molar-refractivity contribution is 0.00648. The molecule has 0 saturated carbocycles. The van der Waals surface area contributed by atoms with Crippen molar-refractivity contribution in [2.75, 3.05) is 26.7 Å². The first kappa shape index (κ1) is 27.6. The minimum absolute atomic E-state index is 0.00867. The van der Waals surface area contributed by atoms with Crippen molar-refractivity contribution in [2.45, 2.75) is 46.4 Å². The van der Waals surface area contributed by atoms with Gasteiger partial charge in [-0.25, -0.2) is 4.39 Å². The van der Waals surface area contributed by atoms with E-state index < -0.39 is 40.5 Å². The molecule has 11 heteroatoms. The van der Waals surface area contributed by atoms with Crippen LogP contribution in [0.25, 0.3) is 0 Å². The van der Waals surface area contributed by atoms with Gasteiger partial charge in [0.25, 0.3) is 17.4 Å². The molecule has 3 heterocycles. The highest BCUT2D eigenvalue weighted by atomic mass is 35.5. The molecule has 0 unspecified atom stereocenters. The van der Waals surface area contributed by atoms with Crippen LogP contribution in [0.1, 0.15) is 52.7 Å². The number of aliphatic hydroxyl groups excluding tert-OH is 2. The van der Waals surface area contributed by atoms with Crippen LogP contribution in [0.5, 0.6) is 5.75 Å². The molecule has 1 aromatic heterocycles. The number of aromatic hydroxyl groups is 1. The second-order valence-corrected chi connectivity index (χ2v) is 10.1. The van der Waals surface area contributed by atoms with Crippen molar-refractivity contribution in [3.63, 3.8) is 0 Å². The van der Waals surface area contributed by atoms with Gasteiger partial charge >= 0.3 is 0 Å². The van der Waals surface area contributed by atoms with Crippen molar-refractivity contribution < 1.29 is 29.3 Å². The molecule has 0 radical (unpaired) electrons. The van der Waals surface area contributed by atoms with Gasteiger partial charge in [-0.1, -0.05) is 31.5 Å². The number of halogens is 2. The van der Waals surface area contributed by atoms with E-state index in [2.05, 4.69) is 0 Å². The van der Waals surface area contributed by atoms with Crippen LogP contribution in [0.3, 0.4) is 0 Å². The summed E-state index contributed by atoms with van der Waals surface area (Å²) in [6, 6.07) is 4.13. The van der Waals surface area contributed by atoms with Crippen molar-refractivity contribution in [3.05, 3.63) is 61.8 Å². The number of aliphatic hydroxyl groups is 2. The van der Waals surface area contributed by atoms with E-state index in [0.29, 0.717) is 11.1 Å². The summed E-state index contributed by atoms with van der Waals surface area (Å²) in [5.74, 6) is -2.38. The summed E-state index contributed by atoms with van der Waals surface area (Å²) in [5.41, 5.74) is -0.838. The number of nitrogens with zero attached hydrogens (tertiary/aromatic N) is 3. The Balaban J connectivity index is 0.00000115. The molecule has 0 bridgehead atoms. The first-order valence-electron chi connectivity index (χ1n) is 11.6. The van der Waals surface area contributed by atoms with Crippen molar-refractivity contribution in [3.8, 4) is 5.75 Å². The largest absolute Gasteiger partial charge is 0.502 e. The van der Waals surface area contributed by atoms with Crippen LogP contribution in [0.2, 0.25) is 5.02 Å². The molecular weight excluding hydrogens is 493 g/mol. The van der Waals surface area contributed by atoms with Crippen molar-refractivity contribution in [2.24, 2.45) is 5.41 Å². The van der Waals surface area contributed by atoms with Gasteiger partial charge in [-0.3, -0.25) is 19.0 Å². The van der Waals surface area contributed by atoms with Gasteiger partial charge in [-0.05, 0) is 31.0 Å². The molecule has 0 aliphatic carbocycles. The van der Waals surface area contributed by atoms with Gasteiger partial charge in [-0.2, -0.15) is 0 Å². The van der Waals surface area contributed by atoms with Crippen molar-refractivity contribution in [1.29, 1.82) is 0 Å². The van der Waals surface area contributed by atoms with Gasteiger partial charge in [0, 0.05) is 50.8 Å². The second-order valence-electron chi connectivity index (χ2n) is 9.67. The van der Waals surface area contributed by atoms with Crippen LogP contribution >= 0.6 is 11.6 Å². The molecule has 0 saturated heterocycles. The molecule has 1 atom stereocenters. The fourth-order valence-corrected chi connectivity index (χ4v) is 4.63. The van der Waals surface area contributed by atoms with Crippen LogP contribution in [-0.4, -0.2) is 74.3 Å². The fourth-order valence-electron chi connectivity index (χ4n) is 4.43. The number of likely N-dealkylation sites (N-methyl/N-ethyl adjacent to an activating group) is 1. The highest BCUT2D eigenvalue weighted by Crippen LogP contribution is 2.33. The molecule has 2 aromatic rings. The zero-order valence-corrected chi connectivity index (χ0v) is 21.5. The van der Waals surface area contributed by atoms with Gasteiger partial charge in [0.1, 0.15) is 11.5 Å². The number of pyridine rings is 1. The summed E-state index contributed by atoms with van der Waals surface area (Å²) in [4.78, 5) is 42.4. The number of benzene rings is 1. The minimum Gasteiger partial charge on any atom is -0.502 e. The molecule has 36 heavy (non-hydrogen) atoms. The Hall–Kier alpha value is -2.95. The second kappa shape index (κ2) is 10.6. The van der Waals surface area contributed by atoms with E-state index in [1.54, 1.807) is 20.8 Å². The normalized spacial score (nSPS) is 19.1. The molecule has 9 nitrogen and oxygen atoms in total. The van der Waals surface area contributed by atoms with Crippen LogP contribution < -0.4 is 5.56 Å². The average molecular weight is 524 g/mol. The molecular formula is C25H31ClFN3O6. The number of hydrogen-bond acceptors (Lipinski definition) is 6. The van der Waals surface area contributed by atoms with E-state index >= 15 is 0 Å². The van der Waals surface area contributed by atoms with Gasteiger partial charge in [0.05, 0.1) is 16.7 Å². The molecule has 1 aromatic carbocycles. The fraction of sp³-hybridized carbons (Fsp3) is 0.480. The molecule has 2 aliphatic rings. The van der Waals surface area contributed by atoms with Crippen LogP contribution in [0.15, 0.2) is 23.0 Å². The third-order valence-corrected chi connectivity index (χ3v) is 6.79. The molecule has 4 rings (SSSR count). The standard InChI is InChI=1S/C23H25ClFN3O5.C2H6O/c1-23(2)11-28-18(21(32)26(3)10-16(23)29)13-6-7-27(20(31)17(13)19(30)22(28)33)9-12-4-5-15(25)14(24)8-12;1-2-3/h4-5,8,16,29-30H,6-7,9-11H2,1-3H3;3H,2H2,1H3/t16-;/m0./s1. The summed E-state index contributed by atoms with van der Waals surface area (Å²) < 4.78 is 14.7. The lowest BCUT2D eigenvalue weighted by Gasteiger charge is -2.39. The van der Waals surface area contributed by atoms with Crippen molar-refractivity contribution >= 4 is 23.4 Å². The van der Waals surface area contributed by atoms with E-state index in [1.165, 1.54) is 39.6 Å². The third kappa shape index (κ3) is 5.11. The predicted octanol–water partition coefficient (Wildman–Crippen LogP) is 2.02. The molecule has 196 valence electrons. The van der Waals surface area contributed by atoms with Crippen molar-refractivity contribution in [1.82, 2.24) is 14.4 Å². The van der Waals surface area contributed by atoms with Crippen LogP contribution in [0.4, 0.5) is 4.39 Å². The zero-order valence-electron chi connectivity index (χ0n) is 20.7. The zero-order chi connectivity index (χ0) is 26.9. The summed E-state index contributed by atoms with van der Waals surface area (Å²) in [6.45, 7) is 5.89. The average Bonchev–Trinajstić information content (AvgIpc) is 2.80. The Bertz CT molecular complexity index is 1250. The first-order valence-corrected chi connectivity index (χ1v) is 12.0. The summed E-state index contributed by atoms with van der Waals surface area (Å²) in [6.07, 6.45) is -0.647. The number of rotatable bonds is 2. The van der Waals surface area contributed by atoms with Gasteiger partial charge < -0.3 is 25.1 Å². The lowest BCUT2D eigenvalue weighted by Crippen LogP contribution is -2.51. The molecule has 3 N–H and O–H groups in total. The van der Waals surface area contributed by atoms with Crippen LogP contribution in [-0.2, 0) is 19.5 Å². The molecule has 2 amide bonds. The highest BCUT2D eigenvalue weighted by Gasteiger charge is 2.40. The molecule has 0 fully saturated rings. The molecule has 0 spiro atoms. The maximum atomic E-state index is 13.5. The highest BCUT2D eigenvalue weighted by molar-refractivity contribution is 6.30. The Morgan fingerprint density at radius 1 is 1.19 bits per heavy atom. The summed E-state index contributed by atoms with van der Waals surface area (Å²) in [5, 5.41) is 28.8. The Morgan fingerprint density at radius 2 is 1.83 bits per heavy atom. The molecule has 2 aliphatic heterocycles. The maximum Gasteiger partial charge on any atom is 0.294 e. The van der Waals surface area contributed by atoms with E-state index in [9.17, 15) is 29.0 Å². The van der Waals surface area contributed by atoms with Crippen LogP contribution in [0, 0.1) is 11.2 Å². The smallest absolute Gasteiger partial charge is 0.294 e. The lowest BCUT2D eigenvalue weighted by atomic mass is 9.84. The quantitative estimate of drug-likeness (QED) is 0.553. The Labute approximate surface area is 213 Å². The summed E-state index contributed by atoms with van der Waals surface area (Å²) >= 11 is 5.84. The third-order valence-electron chi connectivity index (χ3n) is 6.50. The number of β-amino-alcohol motifs (C(OH)–C–C–N with tert-alkyl or cyclic N) is 1. The van der Waals surface area contributed by atoms with Gasteiger partial charge in [-0.15, -0.1) is 0 Å².